The summed E-state index contributed by atoms with van der Waals surface area (Å²) in [6, 6.07) is 0. The highest BCUT2D eigenvalue weighted by Crippen LogP contribution is 1.96. The summed E-state index contributed by atoms with van der Waals surface area (Å²) in [7, 11) is 0. The van der Waals surface area contributed by atoms with Crippen LogP contribution in [0.5, 0.6) is 0 Å². The van der Waals surface area contributed by atoms with Crippen LogP contribution in [0.25, 0.3) is 0 Å². The number of rotatable bonds is 2. The molecule has 0 aromatic rings. The van der Waals surface area contributed by atoms with Gasteiger partial charge < -0.3 is 4.74 Å². The fourth-order valence-electron chi connectivity index (χ4n) is 0.498. The molecule has 3 nitrogen and oxygen atoms in total. The summed E-state index contributed by atoms with van der Waals surface area (Å²) in [5, 5.41) is 0. The summed E-state index contributed by atoms with van der Waals surface area (Å²) >= 11 is 0. The van der Waals surface area contributed by atoms with Crippen molar-refractivity contribution in [1.29, 1.82) is 0 Å². The van der Waals surface area contributed by atoms with Crippen molar-refractivity contribution in [2.45, 2.75) is 13.3 Å². The van der Waals surface area contributed by atoms with Crippen LogP contribution >= 0.6 is 0 Å². The van der Waals surface area contributed by atoms with E-state index >= 15 is 0 Å². The second-order valence-corrected chi connectivity index (χ2v) is 1.38. The molecule has 1 heterocycles. The van der Waals surface area contributed by atoms with Crippen LogP contribution in [0.4, 0.5) is 0 Å². The highest BCUT2D eigenvalue weighted by molar-refractivity contribution is 6.17. The lowest BCUT2D eigenvalue weighted by Gasteiger charge is -2.00. The van der Waals surface area contributed by atoms with Crippen LogP contribution in [0, 0.1) is 0 Å². The van der Waals surface area contributed by atoms with Crippen molar-refractivity contribution in [3.8, 4) is 0 Å². The van der Waals surface area contributed by atoms with Gasteiger partial charge in [0.2, 0.25) is 6.35 Å². The first-order valence-electron chi connectivity index (χ1n) is 2.60. The van der Waals surface area contributed by atoms with Crippen molar-refractivity contribution in [3.63, 3.8) is 0 Å². The van der Waals surface area contributed by atoms with Gasteiger partial charge >= 0.3 is 0 Å². The Kier molecular flexibility index (Phi) is 1.75. The lowest BCUT2D eigenvalue weighted by Crippen LogP contribution is -2.02. The molecular weight excluding hydrogens is 104 g/mol. The average Bonchev–Trinajstić information content (AvgIpc) is 2.19. The average molecular weight is 112 g/mol. The quantitative estimate of drug-likeness (QED) is 0.511. The zero-order chi connectivity index (χ0) is 5.82. The third kappa shape index (κ3) is 1.13. The van der Waals surface area contributed by atoms with E-state index in [0.29, 0.717) is 6.61 Å². The third-order valence-electron chi connectivity index (χ3n) is 0.810. The first-order chi connectivity index (χ1) is 3.93. The van der Waals surface area contributed by atoms with E-state index in [2.05, 4.69) is 9.98 Å². The summed E-state index contributed by atoms with van der Waals surface area (Å²) < 4.78 is 5.01. The van der Waals surface area contributed by atoms with Crippen LogP contribution in [0.1, 0.15) is 6.92 Å². The first kappa shape index (κ1) is 5.44. The van der Waals surface area contributed by atoms with Crippen LogP contribution < -0.4 is 0 Å². The first-order valence-corrected chi connectivity index (χ1v) is 2.60. The fraction of sp³-hybridized carbons (Fsp3) is 0.600. The number of aliphatic imine (C=N–C) groups is 2. The van der Waals surface area contributed by atoms with Crippen LogP contribution in [-0.4, -0.2) is 25.4 Å². The second kappa shape index (κ2) is 2.57. The van der Waals surface area contributed by atoms with Crippen LogP contribution in [-0.2, 0) is 4.74 Å². The highest BCUT2D eigenvalue weighted by atomic mass is 16.5. The van der Waals surface area contributed by atoms with E-state index in [1.54, 1.807) is 12.4 Å². The molecule has 0 aromatic carbocycles. The maximum absolute atomic E-state index is 5.01. The predicted octanol–water partition coefficient (Wildman–Crippen LogP) is 0.462. The molecule has 0 radical (unpaired) electrons. The van der Waals surface area contributed by atoms with Crippen molar-refractivity contribution in [1.82, 2.24) is 0 Å². The van der Waals surface area contributed by atoms with E-state index in [4.69, 9.17) is 4.74 Å². The minimum absolute atomic E-state index is 0.250. The Balaban J connectivity index is 2.27. The largest absolute Gasteiger partial charge is 0.338 e. The summed E-state index contributed by atoms with van der Waals surface area (Å²) in [5.74, 6) is 0. The molecule has 0 bridgehead atoms. The summed E-state index contributed by atoms with van der Waals surface area (Å²) in [4.78, 5) is 7.71. The molecule has 1 aliphatic rings. The fourth-order valence-corrected chi connectivity index (χ4v) is 0.498. The SMILES string of the molecule is CCOC1N=CC=N1. The van der Waals surface area contributed by atoms with Gasteiger partial charge in [-0.1, -0.05) is 0 Å². The van der Waals surface area contributed by atoms with Gasteiger partial charge in [0.1, 0.15) is 0 Å². The van der Waals surface area contributed by atoms with E-state index in [9.17, 15) is 0 Å². The number of nitrogens with zero attached hydrogens (tertiary/aromatic N) is 2. The minimum Gasteiger partial charge on any atom is -0.338 e. The second-order valence-electron chi connectivity index (χ2n) is 1.38. The van der Waals surface area contributed by atoms with Gasteiger partial charge in [0.25, 0.3) is 0 Å². The van der Waals surface area contributed by atoms with E-state index in [0.717, 1.165) is 0 Å². The van der Waals surface area contributed by atoms with Gasteiger partial charge in [-0.3, -0.25) is 0 Å². The van der Waals surface area contributed by atoms with Crippen LogP contribution in [0.3, 0.4) is 0 Å². The topological polar surface area (TPSA) is 34.0 Å². The van der Waals surface area contributed by atoms with E-state index < -0.39 is 0 Å². The Bertz CT molecular complexity index is 108. The predicted molar refractivity (Wildman–Crippen MR) is 32.4 cm³/mol. The molecule has 44 valence electrons. The maximum atomic E-state index is 5.01. The van der Waals surface area contributed by atoms with Crippen molar-refractivity contribution in [2.75, 3.05) is 6.61 Å². The number of hydrogen-bond donors (Lipinski definition) is 0. The van der Waals surface area contributed by atoms with E-state index in [-0.39, 0.29) is 6.35 Å². The summed E-state index contributed by atoms with van der Waals surface area (Å²) in [6.07, 6.45) is 3.03. The Morgan fingerprint density at radius 3 is 2.62 bits per heavy atom. The molecule has 0 aromatic heterocycles. The normalized spacial score (nSPS) is 18.1. The third-order valence-corrected chi connectivity index (χ3v) is 0.810. The zero-order valence-corrected chi connectivity index (χ0v) is 4.74. The Morgan fingerprint density at radius 2 is 2.12 bits per heavy atom. The van der Waals surface area contributed by atoms with E-state index in [1.165, 1.54) is 0 Å². The Morgan fingerprint density at radius 1 is 1.50 bits per heavy atom. The van der Waals surface area contributed by atoms with E-state index in [1.807, 2.05) is 6.92 Å². The van der Waals surface area contributed by atoms with Gasteiger partial charge in [-0.2, -0.15) is 0 Å². The molecule has 3 heteroatoms. The molecule has 0 saturated heterocycles. The van der Waals surface area contributed by atoms with Gasteiger partial charge in [-0.25, -0.2) is 9.98 Å². The Hall–Kier alpha value is -0.700. The molecule has 1 aliphatic heterocycles. The van der Waals surface area contributed by atoms with Gasteiger partial charge in [0.15, 0.2) is 0 Å². The molecule has 0 aliphatic carbocycles. The smallest absolute Gasteiger partial charge is 0.245 e. The van der Waals surface area contributed by atoms with Crippen LogP contribution in [0.2, 0.25) is 0 Å². The van der Waals surface area contributed by atoms with Gasteiger partial charge in [0.05, 0.1) is 0 Å². The molecular formula is C5H8N2O. The molecule has 0 spiro atoms. The van der Waals surface area contributed by atoms with Crippen LogP contribution in [0.15, 0.2) is 9.98 Å². The van der Waals surface area contributed by atoms with Gasteiger partial charge in [0, 0.05) is 19.0 Å². The molecule has 1 rings (SSSR count). The monoisotopic (exact) mass is 112 g/mol. The standard InChI is InChI=1S/C5H8N2O/c1-2-8-5-6-3-4-7-5/h3-5H,2H2,1H3. The van der Waals surface area contributed by atoms with Gasteiger partial charge in [-0.05, 0) is 6.92 Å². The van der Waals surface area contributed by atoms with Crippen molar-refractivity contribution >= 4 is 12.4 Å². The van der Waals surface area contributed by atoms with Crippen molar-refractivity contribution < 1.29 is 4.74 Å². The zero-order valence-electron chi connectivity index (χ0n) is 4.74. The number of ether oxygens (including phenoxy) is 1. The molecule has 0 atom stereocenters. The van der Waals surface area contributed by atoms with Crippen molar-refractivity contribution in [2.24, 2.45) is 9.98 Å². The van der Waals surface area contributed by atoms with Gasteiger partial charge in [-0.15, -0.1) is 0 Å². The molecule has 0 saturated carbocycles. The summed E-state index contributed by atoms with van der Waals surface area (Å²) in [5.41, 5.74) is 0. The molecule has 0 unspecified atom stereocenters. The van der Waals surface area contributed by atoms with Crippen molar-refractivity contribution in [3.05, 3.63) is 0 Å². The highest BCUT2D eigenvalue weighted by Gasteiger charge is 2.01. The maximum Gasteiger partial charge on any atom is 0.245 e. The minimum atomic E-state index is -0.250. The lowest BCUT2D eigenvalue weighted by atomic mass is 10.8. The number of hydrogen-bond acceptors (Lipinski definition) is 3. The molecule has 0 amide bonds. The molecule has 0 N–H and O–H groups in total. The molecule has 8 heavy (non-hydrogen) atoms. The molecule has 0 fully saturated rings. The summed E-state index contributed by atoms with van der Waals surface area (Å²) in [6.45, 7) is 2.59. The Labute approximate surface area is 48.1 Å². The lowest BCUT2D eigenvalue weighted by molar-refractivity contribution is 0.0790.